The van der Waals surface area contributed by atoms with Crippen LogP contribution in [0.15, 0.2) is 0 Å². The Balaban J connectivity index is 2.10. The smallest absolute Gasteiger partial charge is 0.198 e. The molecule has 0 spiro atoms. The predicted octanol–water partition coefficient (Wildman–Crippen LogP) is 7.68. The van der Waals surface area contributed by atoms with Crippen LogP contribution in [0, 0.1) is 81.4 Å². The van der Waals surface area contributed by atoms with Crippen LogP contribution in [0.1, 0.15) is 0 Å². The van der Waals surface area contributed by atoms with Crippen molar-refractivity contribution in [1.29, 1.82) is 0 Å². The van der Waals surface area contributed by atoms with E-state index in [0.29, 0.717) is 0 Å². The molecule has 4 aromatic carbocycles. The van der Waals surface area contributed by atoms with Crippen LogP contribution in [-0.2, 0) is 0 Å². The minimum absolute atomic E-state index is 1.01. The van der Waals surface area contributed by atoms with Crippen molar-refractivity contribution < 1.29 is 61.5 Å². The molecule has 0 bridgehead atoms. The predicted molar refractivity (Wildman–Crippen MR) is 90.6 cm³/mol. The van der Waals surface area contributed by atoms with Crippen molar-refractivity contribution in [2.75, 3.05) is 5.32 Å². The molecule has 35 heavy (non-hydrogen) atoms. The molecular weight excluding hydrogens is 520 g/mol. The van der Waals surface area contributed by atoms with Crippen molar-refractivity contribution in [2.45, 2.75) is 0 Å². The van der Waals surface area contributed by atoms with Crippen molar-refractivity contribution >= 4 is 32.9 Å². The summed E-state index contributed by atoms with van der Waals surface area (Å²) < 4.78 is 196. The van der Waals surface area contributed by atoms with Gasteiger partial charge in [-0.25, -0.2) is 61.5 Å². The number of rotatable bonds is 2. The Morgan fingerprint density at radius 2 is 0.429 bits per heavy atom. The molecule has 1 N–H and O–H groups in total. The summed E-state index contributed by atoms with van der Waals surface area (Å²) in [6.45, 7) is 0. The molecule has 0 aliphatic heterocycles. The second-order valence-electron chi connectivity index (χ2n) is 6.77. The molecule has 0 amide bonds. The van der Waals surface area contributed by atoms with Gasteiger partial charge in [0.15, 0.2) is 81.4 Å². The highest BCUT2D eigenvalue weighted by molar-refractivity contribution is 5.92. The average Bonchev–Trinajstić information content (AvgIpc) is 2.82. The number of hydrogen-bond acceptors (Lipinski definition) is 1. The van der Waals surface area contributed by atoms with E-state index in [9.17, 15) is 61.5 Å². The van der Waals surface area contributed by atoms with Gasteiger partial charge in [-0.05, 0) is 0 Å². The lowest BCUT2D eigenvalue weighted by Gasteiger charge is -2.17. The van der Waals surface area contributed by atoms with Crippen molar-refractivity contribution in [2.24, 2.45) is 0 Å². The van der Waals surface area contributed by atoms with Gasteiger partial charge in [0, 0.05) is 0 Å². The minimum atomic E-state index is -2.70. The van der Waals surface area contributed by atoms with Crippen molar-refractivity contribution in [3.63, 3.8) is 0 Å². The number of hydrogen-bond donors (Lipinski definition) is 1. The summed E-state index contributed by atoms with van der Waals surface area (Å²) in [6.07, 6.45) is 0. The van der Waals surface area contributed by atoms with Crippen LogP contribution in [0.3, 0.4) is 0 Å². The molecule has 0 heterocycles. The normalized spacial score (nSPS) is 11.7. The Hall–Kier alpha value is -3.78. The lowest BCUT2D eigenvalue weighted by atomic mass is 10.0. The Labute approximate surface area is 182 Å². The molecule has 0 fully saturated rings. The number of anilines is 2. The van der Waals surface area contributed by atoms with Crippen molar-refractivity contribution in [3.05, 3.63) is 81.4 Å². The van der Waals surface area contributed by atoms with E-state index in [1.54, 1.807) is 0 Å². The van der Waals surface area contributed by atoms with Crippen LogP contribution >= 0.6 is 0 Å². The Bertz CT molecular complexity index is 1490. The molecule has 0 atom stereocenters. The summed E-state index contributed by atoms with van der Waals surface area (Å²) in [5.41, 5.74) is -4.33. The molecule has 4 aromatic rings. The topological polar surface area (TPSA) is 12.0 Å². The Morgan fingerprint density at radius 1 is 0.229 bits per heavy atom. The van der Waals surface area contributed by atoms with E-state index in [0.717, 1.165) is 5.32 Å². The monoisotopic (exact) mass is 521 g/mol. The number of fused-ring (bicyclic) bond motifs is 2. The first-order valence-corrected chi connectivity index (χ1v) is 8.65. The van der Waals surface area contributed by atoms with E-state index in [2.05, 4.69) is 0 Å². The molecule has 0 radical (unpaired) electrons. The van der Waals surface area contributed by atoms with Gasteiger partial charge in [0.2, 0.25) is 0 Å². The molecule has 0 saturated carbocycles. The third kappa shape index (κ3) is 3.09. The van der Waals surface area contributed by atoms with Crippen molar-refractivity contribution in [3.8, 4) is 0 Å². The van der Waals surface area contributed by atoms with E-state index in [-0.39, 0.29) is 0 Å². The summed E-state index contributed by atoms with van der Waals surface area (Å²) >= 11 is 0. The van der Waals surface area contributed by atoms with Crippen LogP contribution in [0.5, 0.6) is 0 Å². The van der Waals surface area contributed by atoms with Gasteiger partial charge in [0.25, 0.3) is 0 Å². The average molecular weight is 521 g/mol. The molecule has 1 nitrogen and oxygen atoms in total. The Kier molecular flexibility index (Phi) is 5.48. The van der Waals surface area contributed by atoms with E-state index in [1.807, 2.05) is 0 Å². The number of nitrogens with one attached hydrogen (secondary N) is 1. The molecule has 4 rings (SSSR count). The van der Waals surface area contributed by atoms with Gasteiger partial charge in [-0.3, -0.25) is 0 Å². The van der Waals surface area contributed by atoms with Gasteiger partial charge in [0.05, 0.1) is 21.5 Å². The Morgan fingerprint density at radius 3 is 0.686 bits per heavy atom. The molecule has 0 aromatic heterocycles. The SMILES string of the molecule is Fc1c(F)c(F)c2c(F)c(Nc3c(F)c(F)c4c(F)c(F)c(F)c(F)c4c3F)c(F)c(F)c2c1F. The van der Waals surface area contributed by atoms with Crippen LogP contribution < -0.4 is 5.32 Å². The largest absolute Gasteiger partial charge is 0.346 e. The molecule has 0 unspecified atom stereocenters. The summed E-state index contributed by atoms with van der Waals surface area (Å²) in [4.78, 5) is 0. The second-order valence-corrected chi connectivity index (χ2v) is 6.77. The summed E-state index contributed by atoms with van der Waals surface area (Å²) in [5.74, 6) is -36.8. The maximum absolute atomic E-state index is 14.7. The molecule has 15 heteroatoms. The van der Waals surface area contributed by atoms with E-state index >= 15 is 0 Å². The molecular formula is C20HF14N. The highest BCUT2D eigenvalue weighted by Gasteiger charge is 2.34. The lowest BCUT2D eigenvalue weighted by molar-refractivity contribution is 0.412. The zero-order valence-electron chi connectivity index (χ0n) is 15.8. The lowest BCUT2D eigenvalue weighted by Crippen LogP contribution is -2.11. The van der Waals surface area contributed by atoms with Crippen LogP contribution in [0.2, 0.25) is 0 Å². The van der Waals surface area contributed by atoms with E-state index < -0.39 is 114 Å². The maximum atomic E-state index is 14.7. The van der Waals surface area contributed by atoms with Crippen molar-refractivity contribution in [1.82, 2.24) is 0 Å². The second kappa shape index (κ2) is 7.88. The first kappa shape index (κ1) is 24.3. The fourth-order valence-corrected chi connectivity index (χ4v) is 3.31. The van der Waals surface area contributed by atoms with Gasteiger partial charge in [-0.1, -0.05) is 0 Å². The quantitative estimate of drug-likeness (QED) is 0.162. The van der Waals surface area contributed by atoms with Crippen LogP contribution in [0.4, 0.5) is 72.8 Å². The van der Waals surface area contributed by atoms with E-state index in [4.69, 9.17) is 0 Å². The third-order valence-corrected chi connectivity index (χ3v) is 4.93. The van der Waals surface area contributed by atoms with Gasteiger partial charge in [-0.15, -0.1) is 0 Å². The highest BCUT2D eigenvalue weighted by atomic mass is 19.2. The van der Waals surface area contributed by atoms with Gasteiger partial charge in [0.1, 0.15) is 11.4 Å². The van der Waals surface area contributed by atoms with Gasteiger partial charge < -0.3 is 5.32 Å². The van der Waals surface area contributed by atoms with Crippen LogP contribution in [-0.4, -0.2) is 0 Å². The zero-order valence-corrected chi connectivity index (χ0v) is 15.8. The van der Waals surface area contributed by atoms with Gasteiger partial charge >= 0.3 is 0 Å². The standard InChI is InChI=1S/C20HF14N/c21-5-1-3(7(23)15(31)13(5)29)11(27)19(17(33)9(1)25)35-20-12(28)4-2(10(26)18(20)34)6(22)14(30)16(32)8(4)24/h35H. The number of halogens is 14. The summed E-state index contributed by atoms with van der Waals surface area (Å²) in [5, 5.41) is -7.39. The maximum Gasteiger partial charge on any atom is 0.198 e. The highest BCUT2D eigenvalue weighted by Crippen LogP contribution is 2.41. The summed E-state index contributed by atoms with van der Waals surface area (Å²) in [6, 6.07) is 0. The fourth-order valence-electron chi connectivity index (χ4n) is 3.31. The minimum Gasteiger partial charge on any atom is -0.346 e. The number of benzene rings is 4. The fraction of sp³-hybridized carbons (Fsp3) is 0. The first-order chi connectivity index (χ1) is 16.2. The molecule has 0 aliphatic rings. The van der Waals surface area contributed by atoms with Gasteiger partial charge in [-0.2, -0.15) is 0 Å². The molecule has 0 saturated heterocycles. The molecule has 184 valence electrons. The van der Waals surface area contributed by atoms with E-state index in [1.165, 1.54) is 0 Å². The van der Waals surface area contributed by atoms with Crippen LogP contribution in [0.25, 0.3) is 21.5 Å². The molecule has 0 aliphatic carbocycles. The third-order valence-electron chi connectivity index (χ3n) is 4.93. The first-order valence-electron chi connectivity index (χ1n) is 8.65. The summed E-state index contributed by atoms with van der Waals surface area (Å²) in [7, 11) is 0. The zero-order chi connectivity index (χ0) is 26.3.